The van der Waals surface area contributed by atoms with Crippen LogP contribution < -0.4 is 10.6 Å². The highest BCUT2D eigenvalue weighted by atomic mass is 16.4. The average Bonchev–Trinajstić information content (AvgIpc) is 2.35. The standard InChI is InChI=1S/C15H20N2O4/c1-15(2,3)17-14(21)10-6-4-5-7-11(10)16-12(18)8-9-13(19)20/h4-7H,8-9H2,1-3H3,(H,16,18)(H,17,21)(H,19,20). The molecule has 0 aliphatic heterocycles. The number of nitrogens with one attached hydrogen (secondary N) is 2. The highest BCUT2D eigenvalue weighted by molar-refractivity contribution is 6.04. The van der Waals surface area contributed by atoms with E-state index in [4.69, 9.17) is 5.11 Å². The molecule has 114 valence electrons. The third-order valence-electron chi connectivity index (χ3n) is 2.50. The molecule has 21 heavy (non-hydrogen) atoms. The third-order valence-corrected chi connectivity index (χ3v) is 2.50. The lowest BCUT2D eigenvalue weighted by Crippen LogP contribution is -2.40. The number of rotatable bonds is 5. The fourth-order valence-corrected chi connectivity index (χ4v) is 1.63. The van der Waals surface area contributed by atoms with E-state index in [2.05, 4.69) is 10.6 Å². The van der Waals surface area contributed by atoms with Crippen molar-refractivity contribution in [1.29, 1.82) is 0 Å². The Kier molecular flexibility index (Phi) is 5.46. The van der Waals surface area contributed by atoms with Crippen LogP contribution in [-0.4, -0.2) is 28.4 Å². The van der Waals surface area contributed by atoms with Gasteiger partial charge in [-0.15, -0.1) is 0 Å². The van der Waals surface area contributed by atoms with Crippen LogP contribution >= 0.6 is 0 Å². The van der Waals surface area contributed by atoms with E-state index in [0.717, 1.165) is 0 Å². The lowest BCUT2D eigenvalue weighted by Gasteiger charge is -2.21. The van der Waals surface area contributed by atoms with Crippen LogP contribution in [0.25, 0.3) is 0 Å². The second kappa shape index (κ2) is 6.88. The zero-order chi connectivity index (χ0) is 16.0. The van der Waals surface area contributed by atoms with Gasteiger partial charge in [-0.05, 0) is 32.9 Å². The Hall–Kier alpha value is -2.37. The smallest absolute Gasteiger partial charge is 0.303 e. The lowest BCUT2D eigenvalue weighted by molar-refractivity contribution is -0.138. The molecule has 0 saturated heterocycles. The summed E-state index contributed by atoms with van der Waals surface area (Å²) >= 11 is 0. The number of carboxylic acid groups (broad SMARTS) is 1. The van der Waals surface area contributed by atoms with E-state index < -0.39 is 17.4 Å². The number of carbonyl (C=O) groups is 3. The number of hydrogen-bond donors (Lipinski definition) is 3. The van der Waals surface area contributed by atoms with Crippen LogP contribution in [0.5, 0.6) is 0 Å². The van der Waals surface area contributed by atoms with Crippen molar-refractivity contribution >= 4 is 23.5 Å². The SMILES string of the molecule is CC(C)(C)NC(=O)c1ccccc1NC(=O)CCC(=O)O. The molecule has 3 N–H and O–H groups in total. The zero-order valence-corrected chi connectivity index (χ0v) is 12.4. The van der Waals surface area contributed by atoms with Crippen LogP contribution in [-0.2, 0) is 9.59 Å². The van der Waals surface area contributed by atoms with Crippen molar-refractivity contribution in [1.82, 2.24) is 5.32 Å². The predicted molar refractivity (Wildman–Crippen MR) is 79.2 cm³/mol. The van der Waals surface area contributed by atoms with Gasteiger partial charge < -0.3 is 15.7 Å². The predicted octanol–water partition coefficient (Wildman–Crippen LogP) is 2.02. The summed E-state index contributed by atoms with van der Waals surface area (Å²) in [6.07, 6.45) is -0.382. The summed E-state index contributed by atoms with van der Waals surface area (Å²) in [7, 11) is 0. The monoisotopic (exact) mass is 292 g/mol. The van der Waals surface area contributed by atoms with E-state index >= 15 is 0 Å². The minimum Gasteiger partial charge on any atom is -0.481 e. The van der Waals surface area contributed by atoms with Crippen molar-refractivity contribution in [2.45, 2.75) is 39.2 Å². The van der Waals surface area contributed by atoms with Gasteiger partial charge in [-0.25, -0.2) is 0 Å². The fourth-order valence-electron chi connectivity index (χ4n) is 1.63. The Morgan fingerprint density at radius 2 is 1.71 bits per heavy atom. The van der Waals surface area contributed by atoms with Gasteiger partial charge in [0.05, 0.1) is 17.7 Å². The number of benzene rings is 1. The van der Waals surface area contributed by atoms with E-state index in [1.807, 2.05) is 20.8 Å². The maximum Gasteiger partial charge on any atom is 0.303 e. The number of carbonyl (C=O) groups excluding carboxylic acids is 2. The molecule has 2 amide bonds. The van der Waals surface area contributed by atoms with E-state index in [-0.39, 0.29) is 18.7 Å². The molecule has 0 bridgehead atoms. The summed E-state index contributed by atoms with van der Waals surface area (Å²) in [6, 6.07) is 6.61. The molecule has 1 rings (SSSR count). The number of amides is 2. The first-order chi connectivity index (χ1) is 9.69. The van der Waals surface area contributed by atoms with E-state index in [9.17, 15) is 14.4 Å². The molecule has 1 aromatic rings. The number of aliphatic carboxylic acids is 1. The van der Waals surface area contributed by atoms with Gasteiger partial charge >= 0.3 is 5.97 Å². The van der Waals surface area contributed by atoms with E-state index in [0.29, 0.717) is 11.3 Å². The van der Waals surface area contributed by atoms with Crippen LogP contribution in [0.4, 0.5) is 5.69 Å². The summed E-state index contributed by atoms with van der Waals surface area (Å²) < 4.78 is 0. The zero-order valence-electron chi connectivity index (χ0n) is 12.4. The van der Waals surface area contributed by atoms with Crippen molar-refractivity contribution < 1.29 is 19.5 Å². The lowest BCUT2D eigenvalue weighted by atomic mass is 10.1. The summed E-state index contributed by atoms with van der Waals surface area (Å²) in [6.45, 7) is 5.58. The molecule has 6 heteroatoms. The van der Waals surface area contributed by atoms with Gasteiger partial charge in [0.25, 0.3) is 5.91 Å². The molecule has 0 unspecified atom stereocenters. The molecule has 0 aromatic heterocycles. The molecule has 0 aliphatic carbocycles. The maximum absolute atomic E-state index is 12.2. The number of para-hydroxylation sites is 1. The summed E-state index contributed by atoms with van der Waals surface area (Å²) in [4.78, 5) is 34.3. The van der Waals surface area contributed by atoms with Crippen LogP contribution in [0.2, 0.25) is 0 Å². The second-order valence-corrected chi connectivity index (χ2v) is 5.69. The van der Waals surface area contributed by atoms with Gasteiger partial charge in [0, 0.05) is 12.0 Å². The molecule has 6 nitrogen and oxygen atoms in total. The molecular formula is C15H20N2O4. The van der Waals surface area contributed by atoms with Gasteiger partial charge in [0.15, 0.2) is 0 Å². The van der Waals surface area contributed by atoms with Gasteiger partial charge in [-0.1, -0.05) is 12.1 Å². The maximum atomic E-state index is 12.2. The molecular weight excluding hydrogens is 272 g/mol. The second-order valence-electron chi connectivity index (χ2n) is 5.69. The fraction of sp³-hybridized carbons (Fsp3) is 0.400. The summed E-state index contributed by atoms with van der Waals surface area (Å²) in [5, 5.41) is 13.9. The van der Waals surface area contributed by atoms with Crippen molar-refractivity contribution in [3.63, 3.8) is 0 Å². The largest absolute Gasteiger partial charge is 0.481 e. The first-order valence-corrected chi connectivity index (χ1v) is 6.62. The Labute approximate surface area is 123 Å². The van der Waals surface area contributed by atoms with Crippen molar-refractivity contribution in [2.75, 3.05) is 5.32 Å². The quantitative estimate of drug-likeness (QED) is 0.773. The molecule has 0 fully saturated rings. The van der Waals surface area contributed by atoms with Crippen LogP contribution in [0, 0.1) is 0 Å². The topological polar surface area (TPSA) is 95.5 Å². The van der Waals surface area contributed by atoms with Crippen LogP contribution in [0.3, 0.4) is 0 Å². The van der Waals surface area contributed by atoms with E-state index in [1.54, 1.807) is 24.3 Å². The number of anilines is 1. The number of hydrogen-bond acceptors (Lipinski definition) is 3. The summed E-state index contributed by atoms with van der Waals surface area (Å²) in [5.74, 6) is -1.77. The Bertz CT molecular complexity index is 547. The third kappa shape index (κ3) is 6.07. The summed E-state index contributed by atoms with van der Waals surface area (Å²) in [5.41, 5.74) is 0.322. The Morgan fingerprint density at radius 1 is 1.10 bits per heavy atom. The van der Waals surface area contributed by atoms with Crippen molar-refractivity contribution in [2.24, 2.45) is 0 Å². The first-order valence-electron chi connectivity index (χ1n) is 6.62. The van der Waals surface area contributed by atoms with Gasteiger partial charge in [-0.3, -0.25) is 14.4 Å². The molecule has 0 saturated carbocycles. The van der Waals surface area contributed by atoms with Crippen molar-refractivity contribution in [3.05, 3.63) is 29.8 Å². The van der Waals surface area contributed by atoms with Crippen molar-refractivity contribution in [3.8, 4) is 0 Å². The van der Waals surface area contributed by atoms with Crippen LogP contribution in [0.1, 0.15) is 44.0 Å². The van der Waals surface area contributed by atoms with Gasteiger partial charge in [-0.2, -0.15) is 0 Å². The molecule has 0 atom stereocenters. The number of carboxylic acids is 1. The normalized spacial score (nSPS) is 10.8. The average molecular weight is 292 g/mol. The van der Waals surface area contributed by atoms with E-state index in [1.165, 1.54) is 0 Å². The van der Waals surface area contributed by atoms with Crippen LogP contribution in [0.15, 0.2) is 24.3 Å². The molecule has 0 aliphatic rings. The first kappa shape index (κ1) is 16.7. The molecule has 0 heterocycles. The Morgan fingerprint density at radius 3 is 2.29 bits per heavy atom. The van der Waals surface area contributed by atoms with Gasteiger partial charge in [0.2, 0.25) is 5.91 Å². The molecule has 1 aromatic carbocycles. The highest BCUT2D eigenvalue weighted by Crippen LogP contribution is 2.16. The molecule has 0 spiro atoms. The van der Waals surface area contributed by atoms with Gasteiger partial charge in [0.1, 0.15) is 0 Å². The minimum absolute atomic E-state index is 0.134. The molecule has 0 radical (unpaired) electrons. The minimum atomic E-state index is -1.04. The highest BCUT2D eigenvalue weighted by Gasteiger charge is 2.18. The Balaban J connectivity index is 2.82.